The summed E-state index contributed by atoms with van der Waals surface area (Å²) in [7, 11) is 0. The van der Waals surface area contributed by atoms with Gasteiger partial charge in [0.1, 0.15) is 17.2 Å². The molecule has 0 aliphatic rings. The number of halogens is 1. The highest BCUT2D eigenvalue weighted by molar-refractivity contribution is 14.1. The van der Waals surface area contributed by atoms with Gasteiger partial charge in [-0.15, -0.1) is 0 Å². The minimum absolute atomic E-state index is 0.0647. The number of nitrogens with zero attached hydrogens (tertiary/aromatic N) is 1. The SMILES string of the molecule is CC(C)(C)OC(=O)N(C(=O)OC(C)(C)C)C(Cc1ccc(I)cc1)C(=O)O. The predicted octanol–water partition coefficient (Wildman–Crippen LogP) is 4.46. The van der Waals surface area contributed by atoms with Crippen LogP contribution in [0.25, 0.3) is 0 Å². The molecular formula is C19H26INO6. The van der Waals surface area contributed by atoms with E-state index in [9.17, 15) is 19.5 Å². The van der Waals surface area contributed by atoms with Gasteiger partial charge in [-0.25, -0.2) is 14.4 Å². The van der Waals surface area contributed by atoms with Crippen LogP contribution in [0.15, 0.2) is 24.3 Å². The lowest BCUT2D eigenvalue weighted by Gasteiger charge is -2.31. The summed E-state index contributed by atoms with van der Waals surface area (Å²) in [5.41, 5.74) is -1.13. The van der Waals surface area contributed by atoms with Gasteiger partial charge in [0, 0.05) is 9.99 Å². The van der Waals surface area contributed by atoms with E-state index in [-0.39, 0.29) is 6.42 Å². The third-order valence-electron chi connectivity index (χ3n) is 3.12. The summed E-state index contributed by atoms with van der Waals surface area (Å²) in [6.45, 7) is 9.79. The summed E-state index contributed by atoms with van der Waals surface area (Å²) in [5, 5.41) is 9.70. The molecule has 0 saturated heterocycles. The Morgan fingerprint density at radius 3 is 1.70 bits per heavy atom. The number of carbonyl (C=O) groups excluding carboxylic acids is 2. The summed E-state index contributed by atoms with van der Waals surface area (Å²) in [5.74, 6) is -1.33. The highest BCUT2D eigenvalue weighted by Crippen LogP contribution is 2.20. The van der Waals surface area contributed by atoms with Crippen molar-refractivity contribution in [1.29, 1.82) is 0 Å². The topological polar surface area (TPSA) is 93.1 Å². The van der Waals surface area contributed by atoms with Crippen molar-refractivity contribution in [2.75, 3.05) is 0 Å². The van der Waals surface area contributed by atoms with Gasteiger partial charge in [-0.2, -0.15) is 4.90 Å². The quantitative estimate of drug-likeness (QED) is 0.626. The number of imide groups is 1. The van der Waals surface area contributed by atoms with Gasteiger partial charge in [-0.05, 0) is 81.8 Å². The molecule has 1 rings (SSSR count). The molecule has 7 nitrogen and oxygen atoms in total. The Kier molecular flexibility index (Phi) is 7.65. The van der Waals surface area contributed by atoms with Crippen molar-refractivity contribution in [1.82, 2.24) is 4.90 Å². The average Bonchev–Trinajstić information content (AvgIpc) is 2.44. The normalized spacial score (nSPS) is 12.9. The molecule has 1 aromatic carbocycles. The minimum atomic E-state index is -1.46. The number of rotatable bonds is 4. The van der Waals surface area contributed by atoms with Gasteiger partial charge in [0.2, 0.25) is 0 Å². The second-order valence-electron chi connectivity index (χ2n) is 8.02. The van der Waals surface area contributed by atoms with E-state index in [2.05, 4.69) is 22.6 Å². The summed E-state index contributed by atoms with van der Waals surface area (Å²) in [6, 6.07) is 5.68. The molecule has 0 aliphatic heterocycles. The van der Waals surface area contributed by atoms with Gasteiger partial charge < -0.3 is 14.6 Å². The van der Waals surface area contributed by atoms with Crippen LogP contribution in [0.5, 0.6) is 0 Å². The van der Waals surface area contributed by atoms with E-state index in [0.717, 1.165) is 3.57 Å². The van der Waals surface area contributed by atoms with Crippen LogP contribution in [0.2, 0.25) is 0 Å². The standard InChI is InChI=1S/C19H26INO6/c1-18(2,3)26-16(24)21(17(25)27-19(4,5)6)14(15(22)23)11-12-7-9-13(20)10-8-12/h7-10,14H,11H2,1-6H3,(H,22,23). The molecule has 150 valence electrons. The number of carboxylic acid groups (broad SMARTS) is 1. The first-order valence-electron chi connectivity index (χ1n) is 8.42. The molecule has 0 bridgehead atoms. The van der Waals surface area contributed by atoms with E-state index in [1.165, 1.54) is 0 Å². The zero-order valence-electron chi connectivity index (χ0n) is 16.4. The van der Waals surface area contributed by atoms with Crippen LogP contribution in [-0.2, 0) is 20.7 Å². The zero-order valence-corrected chi connectivity index (χ0v) is 18.6. The molecular weight excluding hydrogens is 465 g/mol. The molecule has 27 heavy (non-hydrogen) atoms. The smallest absolute Gasteiger partial charge is 0.420 e. The molecule has 0 saturated carbocycles. The molecule has 0 aromatic heterocycles. The predicted molar refractivity (Wildman–Crippen MR) is 109 cm³/mol. The number of aliphatic carboxylic acids is 1. The van der Waals surface area contributed by atoms with E-state index < -0.39 is 35.4 Å². The van der Waals surface area contributed by atoms with Crippen molar-refractivity contribution in [3.63, 3.8) is 0 Å². The van der Waals surface area contributed by atoms with Crippen molar-refractivity contribution in [2.45, 2.75) is 65.2 Å². The van der Waals surface area contributed by atoms with Crippen LogP contribution in [0, 0.1) is 3.57 Å². The number of benzene rings is 1. The molecule has 0 radical (unpaired) electrons. The van der Waals surface area contributed by atoms with Crippen molar-refractivity contribution in [3.05, 3.63) is 33.4 Å². The molecule has 0 fully saturated rings. The maximum atomic E-state index is 12.6. The molecule has 0 spiro atoms. The number of hydrogen-bond acceptors (Lipinski definition) is 5. The van der Waals surface area contributed by atoms with E-state index >= 15 is 0 Å². The molecule has 1 aromatic rings. The van der Waals surface area contributed by atoms with Crippen LogP contribution in [-0.4, -0.2) is 45.4 Å². The van der Waals surface area contributed by atoms with Gasteiger partial charge in [0.15, 0.2) is 0 Å². The molecule has 0 heterocycles. The van der Waals surface area contributed by atoms with Crippen molar-refractivity contribution < 1.29 is 29.0 Å². The first-order valence-corrected chi connectivity index (χ1v) is 9.50. The van der Waals surface area contributed by atoms with E-state index in [1.54, 1.807) is 53.7 Å². The highest BCUT2D eigenvalue weighted by Gasteiger charge is 2.40. The Labute approximate surface area is 173 Å². The van der Waals surface area contributed by atoms with Crippen LogP contribution in [0.4, 0.5) is 9.59 Å². The summed E-state index contributed by atoms with van der Waals surface area (Å²) < 4.78 is 11.5. The number of ether oxygens (including phenoxy) is 2. The first kappa shape index (κ1) is 23.2. The third-order valence-corrected chi connectivity index (χ3v) is 3.84. The Morgan fingerprint density at radius 1 is 0.963 bits per heavy atom. The minimum Gasteiger partial charge on any atom is -0.480 e. The zero-order chi connectivity index (χ0) is 21.0. The summed E-state index contributed by atoms with van der Waals surface area (Å²) >= 11 is 2.13. The maximum Gasteiger partial charge on any atom is 0.420 e. The van der Waals surface area contributed by atoms with Gasteiger partial charge >= 0.3 is 18.2 Å². The largest absolute Gasteiger partial charge is 0.480 e. The molecule has 1 atom stereocenters. The maximum absolute atomic E-state index is 12.6. The Bertz CT molecular complexity index is 660. The van der Waals surface area contributed by atoms with Crippen molar-refractivity contribution in [3.8, 4) is 0 Å². The van der Waals surface area contributed by atoms with Crippen LogP contribution in [0.3, 0.4) is 0 Å². The van der Waals surface area contributed by atoms with Gasteiger partial charge in [-0.3, -0.25) is 0 Å². The molecule has 1 N–H and O–H groups in total. The van der Waals surface area contributed by atoms with E-state index in [4.69, 9.17) is 9.47 Å². The lowest BCUT2D eigenvalue weighted by atomic mass is 10.1. The molecule has 0 aliphatic carbocycles. The van der Waals surface area contributed by atoms with Crippen LogP contribution < -0.4 is 0 Å². The highest BCUT2D eigenvalue weighted by atomic mass is 127. The lowest BCUT2D eigenvalue weighted by molar-refractivity contribution is -0.143. The summed E-state index contributed by atoms with van der Waals surface area (Å²) in [4.78, 5) is 37.7. The van der Waals surface area contributed by atoms with E-state index in [0.29, 0.717) is 10.5 Å². The monoisotopic (exact) mass is 491 g/mol. The third kappa shape index (κ3) is 8.15. The van der Waals surface area contributed by atoms with Gasteiger partial charge in [-0.1, -0.05) is 12.1 Å². The number of amides is 2. The number of hydrogen-bond donors (Lipinski definition) is 1. The van der Waals surface area contributed by atoms with Crippen LogP contribution in [0.1, 0.15) is 47.1 Å². The fourth-order valence-electron chi connectivity index (χ4n) is 2.08. The van der Waals surface area contributed by atoms with Gasteiger partial charge in [0.05, 0.1) is 0 Å². The number of carboxylic acids is 1. The Hall–Kier alpha value is -1.84. The summed E-state index contributed by atoms with van der Waals surface area (Å²) in [6.07, 6.45) is -2.19. The molecule has 8 heteroatoms. The van der Waals surface area contributed by atoms with Crippen molar-refractivity contribution >= 4 is 40.7 Å². The fourth-order valence-corrected chi connectivity index (χ4v) is 2.44. The lowest BCUT2D eigenvalue weighted by Crippen LogP contribution is -2.52. The van der Waals surface area contributed by atoms with Crippen molar-refractivity contribution in [2.24, 2.45) is 0 Å². The molecule has 1 unspecified atom stereocenters. The second-order valence-corrected chi connectivity index (χ2v) is 9.26. The Balaban J connectivity index is 3.24. The molecule has 2 amide bonds. The Morgan fingerprint density at radius 2 is 1.37 bits per heavy atom. The van der Waals surface area contributed by atoms with Gasteiger partial charge in [0.25, 0.3) is 0 Å². The average molecular weight is 491 g/mol. The fraction of sp³-hybridized carbons (Fsp3) is 0.526. The van der Waals surface area contributed by atoms with Crippen LogP contribution >= 0.6 is 22.6 Å². The number of carbonyl (C=O) groups is 3. The van der Waals surface area contributed by atoms with E-state index in [1.807, 2.05) is 12.1 Å². The second kappa shape index (κ2) is 8.90. The first-order chi connectivity index (χ1) is 12.2.